The first kappa shape index (κ1) is 18.4. The number of aromatic nitrogens is 1. The highest BCUT2D eigenvalue weighted by atomic mass is 32.1. The molecule has 0 saturated carbocycles. The first-order valence-corrected chi connectivity index (χ1v) is 9.30. The highest BCUT2D eigenvalue weighted by Gasteiger charge is 2.19. The van der Waals surface area contributed by atoms with E-state index in [1.165, 1.54) is 0 Å². The maximum atomic E-state index is 12.5. The van der Waals surface area contributed by atoms with Crippen LogP contribution in [0.5, 0.6) is 5.75 Å². The maximum absolute atomic E-state index is 12.5. The van der Waals surface area contributed by atoms with Crippen molar-refractivity contribution in [3.8, 4) is 5.75 Å². The van der Waals surface area contributed by atoms with E-state index in [-0.39, 0.29) is 18.5 Å². The van der Waals surface area contributed by atoms with E-state index in [0.717, 1.165) is 20.8 Å². The first-order chi connectivity index (χ1) is 12.5. The number of likely N-dealkylation sites (N-methyl/N-ethyl adjacent to an activating group) is 1. The summed E-state index contributed by atoms with van der Waals surface area (Å²) in [5, 5.41) is 3.95. The number of anilines is 1. The molecule has 26 heavy (non-hydrogen) atoms. The van der Waals surface area contributed by atoms with E-state index in [9.17, 15) is 4.79 Å². The Morgan fingerprint density at radius 1 is 1.31 bits per heavy atom. The molecular formula is C20H23N3O2S. The molecule has 0 spiro atoms. The highest BCUT2D eigenvalue weighted by molar-refractivity contribution is 7.18. The summed E-state index contributed by atoms with van der Waals surface area (Å²) in [6, 6.07) is 13.9. The number of carbonyl (C=O) groups is 1. The number of hydrogen-bond donors (Lipinski definition) is 1. The van der Waals surface area contributed by atoms with Crippen molar-refractivity contribution in [3.63, 3.8) is 0 Å². The molecule has 1 amide bonds. The molecule has 0 saturated heterocycles. The van der Waals surface area contributed by atoms with Crippen LogP contribution in [0.3, 0.4) is 0 Å². The molecule has 0 radical (unpaired) electrons. The van der Waals surface area contributed by atoms with Crippen LogP contribution in [-0.4, -0.2) is 36.5 Å². The molecule has 0 aliphatic rings. The lowest BCUT2D eigenvalue weighted by atomic mass is 10.2. The second-order valence-corrected chi connectivity index (χ2v) is 7.43. The second kappa shape index (κ2) is 7.85. The number of carbonyl (C=O) groups excluding carboxylic acids is 1. The van der Waals surface area contributed by atoms with Crippen LogP contribution in [0.25, 0.3) is 10.2 Å². The van der Waals surface area contributed by atoms with Crippen molar-refractivity contribution in [2.45, 2.75) is 19.9 Å². The van der Waals surface area contributed by atoms with Gasteiger partial charge in [-0.05, 0) is 50.7 Å². The molecule has 136 valence electrons. The van der Waals surface area contributed by atoms with Gasteiger partial charge < -0.3 is 10.1 Å². The Hall–Kier alpha value is -2.44. The number of nitrogens with one attached hydrogen (secondary N) is 1. The summed E-state index contributed by atoms with van der Waals surface area (Å²) in [7, 11) is 3.53. The lowest BCUT2D eigenvalue weighted by Crippen LogP contribution is -2.32. The van der Waals surface area contributed by atoms with Gasteiger partial charge in [0.2, 0.25) is 5.91 Å². The summed E-state index contributed by atoms with van der Waals surface area (Å²) in [6.45, 7) is 4.32. The van der Waals surface area contributed by atoms with Crippen LogP contribution in [-0.2, 0) is 4.79 Å². The van der Waals surface area contributed by atoms with E-state index in [1.807, 2.05) is 55.3 Å². The summed E-state index contributed by atoms with van der Waals surface area (Å²) in [6.07, 6.45) is 0. The van der Waals surface area contributed by atoms with Crippen molar-refractivity contribution < 1.29 is 9.53 Å². The number of para-hydroxylation sites is 1. The SMILES string of the molecule is COc1ccc(C)cc1NC(=O)CN(C)[C@@H](C)c1nc2ccccc2s1. The van der Waals surface area contributed by atoms with E-state index in [1.54, 1.807) is 18.4 Å². The smallest absolute Gasteiger partial charge is 0.238 e. The fourth-order valence-electron chi connectivity index (χ4n) is 2.73. The van der Waals surface area contributed by atoms with Crippen LogP contribution in [0.4, 0.5) is 5.69 Å². The van der Waals surface area contributed by atoms with Crippen LogP contribution >= 0.6 is 11.3 Å². The predicted octanol–water partition coefficient (Wildman–Crippen LogP) is 4.24. The van der Waals surface area contributed by atoms with E-state index in [4.69, 9.17) is 4.74 Å². The summed E-state index contributed by atoms with van der Waals surface area (Å²) in [4.78, 5) is 19.2. The molecule has 0 fully saturated rings. The van der Waals surface area contributed by atoms with Gasteiger partial charge in [-0.2, -0.15) is 0 Å². The Kier molecular flexibility index (Phi) is 5.54. The summed E-state index contributed by atoms with van der Waals surface area (Å²) in [5.41, 5.74) is 2.76. The zero-order valence-corrected chi connectivity index (χ0v) is 16.3. The molecule has 6 heteroatoms. The van der Waals surface area contributed by atoms with E-state index < -0.39 is 0 Å². The van der Waals surface area contributed by atoms with Gasteiger partial charge in [0.05, 0.1) is 35.6 Å². The molecule has 0 bridgehead atoms. The van der Waals surface area contributed by atoms with Crippen molar-refractivity contribution in [2.75, 3.05) is 26.0 Å². The predicted molar refractivity (Wildman–Crippen MR) is 107 cm³/mol. The number of hydrogen-bond acceptors (Lipinski definition) is 5. The molecule has 1 N–H and O–H groups in total. The third-order valence-electron chi connectivity index (χ3n) is 4.35. The van der Waals surface area contributed by atoms with Crippen LogP contribution in [0.15, 0.2) is 42.5 Å². The molecular weight excluding hydrogens is 346 g/mol. The number of nitrogens with zero attached hydrogens (tertiary/aromatic N) is 2. The molecule has 0 unspecified atom stereocenters. The van der Waals surface area contributed by atoms with Gasteiger partial charge in [0.15, 0.2) is 0 Å². The highest BCUT2D eigenvalue weighted by Crippen LogP contribution is 2.29. The Morgan fingerprint density at radius 3 is 2.81 bits per heavy atom. The van der Waals surface area contributed by atoms with Crippen molar-refractivity contribution in [3.05, 3.63) is 53.0 Å². The summed E-state index contributed by atoms with van der Waals surface area (Å²) >= 11 is 1.67. The van der Waals surface area contributed by atoms with Crippen molar-refractivity contribution in [1.82, 2.24) is 9.88 Å². The number of fused-ring (bicyclic) bond motifs is 1. The van der Waals surface area contributed by atoms with Gasteiger partial charge in [0, 0.05) is 0 Å². The molecule has 0 aliphatic carbocycles. The number of thiazole rings is 1. The third-order valence-corrected chi connectivity index (χ3v) is 5.56. The zero-order valence-electron chi connectivity index (χ0n) is 15.4. The lowest BCUT2D eigenvalue weighted by Gasteiger charge is -2.22. The minimum absolute atomic E-state index is 0.0533. The number of ether oxygens (including phenoxy) is 1. The van der Waals surface area contributed by atoms with E-state index in [2.05, 4.69) is 23.3 Å². The summed E-state index contributed by atoms with van der Waals surface area (Å²) in [5.74, 6) is 0.579. The van der Waals surface area contributed by atoms with Crippen molar-refractivity contribution in [2.24, 2.45) is 0 Å². The molecule has 3 rings (SSSR count). The Labute approximate surface area is 157 Å². The van der Waals surface area contributed by atoms with Crippen LogP contribution < -0.4 is 10.1 Å². The van der Waals surface area contributed by atoms with Gasteiger partial charge >= 0.3 is 0 Å². The van der Waals surface area contributed by atoms with Gasteiger partial charge in [0.1, 0.15) is 10.8 Å². The molecule has 1 aromatic heterocycles. The molecule has 5 nitrogen and oxygen atoms in total. The minimum Gasteiger partial charge on any atom is -0.495 e. The number of amides is 1. The summed E-state index contributed by atoms with van der Waals surface area (Å²) < 4.78 is 6.48. The average molecular weight is 369 g/mol. The van der Waals surface area contributed by atoms with Gasteiger partial charge in [0.25, 0.3) is 0 Å². The van der Waals surface area contributed by atoms with Crippen molar-refractivity contribution >= 4 is 33.1 Å². The molecule has 1 atom stereocenters. The number of rotatable bonds is 6. The minimum atomic E-state index is -0.0793. The van der Waals surface area contributed by atoms with Crippen LogP contribution in [0.1, 0.15) is 23.5 Å². The van der Waals surface area contributed by atoms with Gasteiger partial charge in [-0.3, -0.25) is 9.69 Å². The van der Waals surface area contributed by atoms with Crippen molar-refractivity contribution in [1.29, 1.82) is 0 Å². The number of benzene rings is 2. The topological polar surface area (TPSA) is 54.5 Å². The normalized spacial score (nSPS) is 12.3. The third kappa shape index (κ3) is 4.03. The largest absolute Gasteiger partial charge is 0.495 e. The zero-order chi connectivity index (χ0) is 18.7. The van der Waals surface area contributed by atoms with Gasteiger partial charge in [-0.25, -0.2) is 4.98 Å². The molecule has 3 aromatic rings. The van der Waals surface area contributed by atoms with E-state index in [0.29, 0.717) is 11.4 Å². The Morgan fingerprint density at radius 2 is 2.08 bits per heavy atom. The Bertz CT molecular complexity index is 889. The van der Waals surface area contributed by atoms with Crippen LogP contribution in [0, 0.1) is 6.92 Å². The monoisotopic (exact) mass is 369 g/mol. The molecule has 0 aliphatic heterocycles. The quantitative estimate of drug-likeness (QED) is 0.706. The Balaban J connectivity index is 1.68. The van der Waals surface area contributed by atoms with Crippen LogP contribution in [0.2, 0.25) is 0 Å². The van der Waals surface area contributed by atoms with Gasteiger partial charge in [-0.1, -0.05) is 18.2 Å². The van der Waals surface area contributed by atoms with E-state index >= 15 is 0 Å². The second-order valence-electron chi connectivity index (χ2n) is 6.36. The number of aryl methyl sites for hydroxylation is 1. The first-order valence-electron chi connectivity index (χ1n) is 8.48. The fraction of sp³-hybridized carbons (Fsp3) is 0.300. The number of methoxy groups -OCH3 is 1. The molecule has 1 heterocycles. The fourth-order valence-corrected chi connectivity index (χ4v) is 3.81. The maximum Gasteiger partial charge on any atom is 0.238 e. The molecule has 2 aromatic carbocycles. The van der Waals surface area contributed by atoms with Gasteiger partial charge in [-0.15, -0.1) is 11.3 Å². The lowest BCUT2D eigenvalue weighted by molar-refractivity contribution is -0.117. The average Bonchev–Trinajstić information content (AvgIpc) is 3.05. The standard InChI is InChI=1S/C20H23N3O2S/c1-13-9-10-17(25-4)16(11-13)21-19(24)12-23(3)14(2)20-22-15-7-5-6-8-18(15)26-20/h5-11,14H,12H2,1-4H3,(H,21,24)/t14-/m0/s1.